The smallest absolute Gasteiger partial charge is 0.355 e. The molecule has 1 atom stereocenters. The third-order valence-electron chi connectivity index (χ3n) is 3.28. The van der Waals surface area contributed by atoms with Crippen LogP contribution < -0.4 is 10.6 Å². The van der Waals surface area contributed by atoms with Crippen LogP contribution in [0.4, 0.5) is 13.2 Å². The molecule has 4 nitrogen and oxygen atoms in total. The van der Waals surface area contributed by atoms with E-state index in [9.17, 15) is 18.0 Å². The van der Waals surface area contributed by atoms with E-state index in [1.54, 1.807) is 5.51 Å². The Kier molecular flexibility index (Phi) is 4.10. The summed E-state index contributed by atoms with van der Waals surface area (Å²) >= 11 is 1.41. The number of aromatic nitrogens is 1. The van der Waals surface area contributed by atoms with Crippen molar-refractivity contribution in [3.8, 4) is 0 Å². The number of amides is 1. The van der Waals surface area contributed by atoms with Gasteiger partial charge in [0.05, 0.1) is 11.2 Å². The highest BCUT2D eigenvalue weighted by atomic mass is 32.1. The van der Waals surface area contributed by atoms with Gasteiger partial charge in [-0.2, -0.15) is 13.2 Å². The maximum Gasteiger partial charge on any atom is 0.404 e. The standard InChI is InChI=1S/C11H14F3N3OS/c12-11(13,14)10(2-4-15-6-10)9(18)16-3-1-8-5-19-7-17-8/h5,7,15H,1-4,6H2,(H,16,18). The van der Waals surface area contributed by atoms with Crippen LogP contribution in [0, 0.1) is 5.41 Å². The molecule has 1 amide bonds. The minimum atomic E-state index is -4.53. The number of thiazole rings is 1. The minimum Gasteiger partial charge on any atom is -0.355 e. The van der Waals surface area contributed by atoms with Crippen LogP contribution >= 0.6 is 11.3 Å². The van der Waals surface area contributed by atoms with E-state index in [0.29, 0.717) is 6.42 Å². The van der Waals surface area contributed by atoms with Crippen molar-refractivity contribution in [3.63, 3.8) is 0 Å². The maximum absolute atomic E-state index is 13.1. The fraction of sp³-hybridized carbons (Fsp3) is 0.636. The van der Waals surface area contributed by atoms with E-state index in [1.807, 2.05) is 5.38 Å². The number of hydrogen-bond acceptors (Lipinski definition) is 4. The third kappa shape index (κ3) is 2.89. The average Bonchev–Trinajstić information content (AvgIpc) is 2.99. The van der Waals surface area contributed by atoms with Crippen molar-refractivity contribution in [3.05, 3.63) is 16.6 Å². The molecule has 19 heavy (non-hydrogen) atoms. The summed E-state index contributed by atoms with van der Waals surface area (Å²) in [5.74, 6) is -0.944. The first kappa shape index (κ1) is 14.3. The molecule has 0 radical (unpaired) electrons. The first-order valence-corrected chi connectivity index (χ1v) is 6.83. The Morgan fingerprint density at radius 1 is 1.58 bits per heavy atom. The highest BCUT2D eigenvalue weighted by Crippen LogP contribution is 2.43. The van der Waals surface area contributed by atoms with Crippen LogP contribution in [0.1, 0.15) is 12.1 Å². The lowest BCUT2D eigenvalue weighted by Gasteiger charge is -2.29. The Labute approximate surface area is 112 Å². The zero-order chi connectivity index (χ0) is 13.9. The number of rotatable bonds is 4. The molecule has 1 aliphatic heterocycles. The van der Waals surface area contributed by atoms with Crippen LogP contribution in [0.3, 0.4) is 0 Å². The summed E-state index contributed by atoms with van der Waals surface area (Å²) < 4.78 is 39.2. The molecule has 0 saturated carbocycles. The molecule has 2 rings (SSSR count). The normalized spacial score (nSPS) is 23.5. The molecular formula is C11H14F3N3OS. The van der Waals surface area contributed by atoms with Crippen molar-refractivity contribution in [1.29, 1.82) is 0 Å². The molecule has 106 valence electrons. The predicted molar refractivity (Wildman–Crippen MR) is 64.8 cm³/mol. The molecule has 8 heteroatoms. The number of carbonyl (C=O) groups is 1. The lowest BCUT2D eigenvalue weighted by molar-refractivity contribution is -0.215. The van der Waals surface area contributed by atoms with Gasteiger partial charge in [-0.25, -0.2) is 4.98 Å². The number of hydrogen-bond donors (Lipinski definition) is 2. The summed E-state index contributed by atoms with van der Waals surface area (Å²) in [6.45, 7) is 0.0262. The molecule has 1 fully saturated rings. The molecule has 1 aromatic heterocycles. The van der Waals surface area contributed by atoms with Crippen LogP contribution in [-0.4, -0.2) is 36.7 Å². The Morgan fingerprint density at radius 2 is 2.37 bits per heavy atom. The van der Waals surface area contributed by atoms with Crippen molar-refractivity contribution in [1.82, 2.24) is 15.6 Å². The summed E-state index contributed by atoms with van der Waals surface area (Å²) in [5, 5.41) is 6.80. The second-order valence-corrected chi connectivity index (χ2v) is 5.21. The van der Waals surface area contributed by atoms with E-state index in [0.717, 1.165) is 5.69 Å². The second-order valence-electron chi connectivity index (χ2n) is 4.49. The van der Waals surface area contributed by atoms with Gasteiger partial charge < -0.3 is 10.6 Å². The maximum atomic E-state index is 13.1. The zero-order valence-electron chi connectivity index (χ0n) is 10.1. The minimum absolute atomic E-state index is 0.167. The molecule has 0 spiro atoms. The van der Waals surface area contributed by atoms with E-state index < -0.39 is 17.5 Å². The lowest BCUT2D eigenvalue weighted by Crippen LogP contribution is -2.52. The fourth-order valence-electron chi connectivity index (χ4n) is 2.09. The van der Waals surface area contributed by atoms with Gasteiger partial charge in [0.15, 0.2) is 5.41 Å². The molecule has 1 aliphatic rings. The Hall–Kier alpha value is -1.15. The van der Waals surface area contributed by atoms with Crippen molar-refractivity contribution < 1.29 is 18.0 Å². The van der Waals surface area contributed by atoms with Crippen LogP contribution in [-0.2, 0) is 11.2 Å². The van der Waals surface area contributed by atoms with Gasteiger partial charge in [-0.1, -0.05) is 0 Å². The summed E-state index contributed by atoms with van der Waals surface area (Å²) in [6.07, 6.45) is -4.29. The van der Waals surface area contributed by atoms with Crippen molar-refractivity contribution >= 4 is 17.2 Å². The van der Waals surface area contributed by atoms with E-state index in [4.69, 9.17) is 0 Å². The molecule has 1 saturated heterocycles. The van der Waals surface area contributed by atoms with Gasteiger partial charge in [-0.3, -0.25) is 4.79 Å². The van der Waals surface area contributed by atoms with Gasteiger partial charge in [0.2, 0.25) is 5.91 Å². The number of nitrogens with zero attached hydrogens (tertiary/aromatic N) is 1. The number of carbonyl (C=O) groups excluding carboxylic acids is 1. The molecule has 0 aromatic carbocycles. The van der Waals surface area contributed by atoms with Gasteiger partial charge in [0, 0.05) is 24.9 Å². The van der Waals surface area contributed by atoms with E-state index in [-0.39, 0.29) is 26.1 Å². The van der Waals surface area contributed by atoms with Crippen LogP contribution in [0.2, 0.25) is 0 Å². The number of alkyl halides is 3. The zero-order valence-corrected chi connectivity index (χ0v) is 10.9. The third-order valence-corrected chi connectivity index (χ3v) is 3.92. The van der Waals surface area contributed by atoms with Crippen LogP contribution in [0.15, 0.2) is 10.9 Å². The topological polar surface area (TPSA) is 54.0 Å². The largest absolute Gasteiger partial charge is 0.404 e. The summed E-state index contributed by atoms with van der Waals surface area (Å²) in [6, 6.07) is 0. The molecule has 2 heterocycles. The number of nitrogens with one attached hydrogen (secondary N) is 2. The van der Waals surface area contributed by atoms with Gasteiger partial charge in [-0.15, -0.1) is 11.3 Å². The van der Waals surface area contributed by atoms with Crippen LogP contribution in [0.25, 0.3) is 0 Å². The Morgan fingerprint density at radius 3 is 2.89 bits per heavy atom. The van der Waals surface area contributed by atoms with Gasteiger partial charge in [-0.05, 0) is 13.0 Å². The van der Waals surface area contributed by atoms with Gasteiger partial charge in [0.25, 0.3) is 0 Å². The summed E-state index contributed by atoms with van der Waals surface area (Å²) in [7, 11) is 0. The predicted octanol–water partition coefficient (Wildman–Crippen LogP) is 1.34. The quantitative estimate of drug-likeness (QED) is 0.881. The molecule has 0 aliphatic carbocycles. The molecule has 1 aromatic rings. The van der Waals surface area contributed by atoms with E-state index >= 15 is 0 Å². The average molecular weight is 293 g/mol. The molecule has 1 unspecified atom stereocenters. The van der Waals surface area contributed by atoms with Crippen molar-refractivity contribution in [2.24, 2.45) is 5.41 Å². The fourth-order valence-corrected chi connectivity index (χ4v) is 2.68. The molecule has 2 N–H and O–H groups in total. The Bertz CT molecular complexity index is 427. The summed E-state index contributed by atoms with van der Waals surface area (Å²) in [4.78, 5) is 15.9. The van der Waals surface area contributed by atoms with Crippen molar-refractivity contribution in [2.75, 3.05) is 19.6 Å². The SMILES string of the molecule is O=C(NCCc1cscn1)C1(C(F)(F)F)CCNC1. The second kappa shape index (κ2) is 5.46. The highest BCUT2D eigenvalue weighted by Gasteiger charge is 2.61. The molecular weight excluding hydrogens is 279 g/mol. The van der Waals surface area contributed by atoms with E-state index in [2.05, 4.69) is 15.6 Å². The monoisotopic (exact) mass is 293 g/mol. The first-order chi connectivity index (χ1) is 8.96. The van der Waals surface area contributed by atoms with Crippen molar-refractivity contribution in [2.45, 2.75) is 19.0 Å². The van der Waals surface area contributed by atoms with Gasteiger partial charge >= 0.3 is 6.18 Å². The van der Waals surface area contributed by atoms with E-state index in [1.165, 1.54) is 11.3 Å². The lowest BCUT2D eigenvalue weighted by atomic mass is 9.85. The van der Waals surface area contributed by atoms with Gasteiger partial charge in [0.1, 0.15) is 0 Å². The Balaban J connectivity index is 1.93. The molecule has 0 bridgehead atoms. The highest BCUT2D eigenvalue weighted by molar-refractivity contribution is 7.07. The van der Waals surface area contributed by atoms with Crippen LogP contribution in [0.5, 0.6) is 0 Å². The summed E-state index contributed by atoms with van der Waals surface area (Å²) in [5.41, 5.74) is 0.139. The number of halogens is 3. The first-order valence-electron chi connectivity index (χ1n) is 5.88.